The summed E-state index contributed by atoms with van der Waals surface area (Å²) in [7, 11) is 0. The summed E-state index contributed by atoms with van der Waals surface area (Å²) in [5.41, 5.74) is 0.554. The van der Waals surface area contributed by atoms with E-state index in [1.807, 2.05) is 13.8 Å². The molecule has 116 valence electrons. The van der Waals surface area contributed by atoms with E-state index < -0.39 is 0 Å². The van der Waals surface area contributed by atoms with Crippen molar-refractivity contribution in [2.45, 2.75) is 19.9 Å². The maximum absolute atomic E-state index is 11.5. The van der Waals surface area contributed by atoms with Crippen LogP contribution in [0.2, 0.25) is 10.0 Å². The van der Waals surface area contributed by atoms with Gasteiger partial charge in [-0.25, -0.2) is 4.79 Å². The van der Waals surface area contributed by atoms with Crippen LogP contribution in [0.5, 0.6) is 0 Å². The molecule has 8 heteroatoms. The number of amides is 2. The van der Waals surface area contributed by atoms with Gasteiger partial charge in [0.15, 0.2) is 11.6 Å². The molecular weight excluding hydrogens is 325 g/mol. The Morgan fingerprint density at radius 2 is 1.64 bits per heavy atom. The molecule has 1 heterocycles. The zero-order valence-electron chi connectivity index (χ0n) is 12.0. The summed E-state index contributed by atoms with van der Waals surface area (Å²) in [5.74, 6) is 0.804. The van der Waals surface area contributed by atoms with Crippen LogP contribution in [0, 0.1) is 0 Å². The molecule has 0 atom stereocenters. The highest BCUT2D eigenvalue weighted by Gasteiger charge is 2.08. The zero-order valence-corrected chi connectivity index (χ0v) is 13.5. The topological polar surface area (TPSA) is 78.9 Å². The summed E-state index contributed by atoms with van der Waals surface area (Å²) in [6.07, 6.45) is 0. The number of hydrogen-bond acceptors (Lipinski definition) is 4. The number of carbonyl (C=O) groups excluding carboxylic acids is 1. The average Bonchev–Trinajstić information content (AvgIpc) is 2.44. The van der Waals surface area contributed by atoms with Crippen molar-refractivity contribution >= 4 is 46.6 Å². The van der Waals surface area contributed by atoms with Crippen LogP contribution < -0.4 is 16.0 Å². The Morgan fingerprint density at radius 3 is 2.18 bits per heavy atom. The summed E-state index contributed by atoms with van der Waals surface area (Å²) in [5, 5.41) is 17.1. The van der Waals surface area contributed by atoms with E-state index in [4.69, 9.17) is 23.2 Å². The van der Waals surface area contributed by atoms with Crippen molar-refractivity contribution in [3.8, 4) is 0 Å². The number of nitrogens with zero attached hydrogens (tertiary/aromatic N) is 2. The van der Waals surface area contributed by atoms with Gasteiger partial charge in [0, 0.05) is 6.04 Å². The Labute approximate surface area is 138 Å². The lowest BCUT2D eigenvalue weighted by Gasteiger charge is -2.11. The van der Waals surface area contributed by atoms with Crippen LogP contribution in [-0.4, -0.2) is 22.3 Å². The molecule has 0 unspecified atom stereocenters. The zero-order chi connectivity index (χ0) is 16.1. The Kier molecular flexibility index (Phi) is 5.41. The lowest BCUT2D eigenvalue weighted by Crippen LogP contribution is -2.34. The molecule has 2 rings (SSSR count). The number of para-hydroxylation sites is 1. The molecule has 6 nitrogen and oxygen atoms in total. The minimum Gasteiger partial charge on any atom is -0.336 e. The molecule has 1 aromatic heterocycles. The van der Waals surface area contributed by atoms with Crippen LogP contribution in [-0.2, 0) is 0 Å². The van der Waals surface area contributed by atoms with Gasteiger partial charge in [-0.05, 0) is 38.1 Å². The second kappa shape index (κ2) is 7.29. The van der Waals surface area contributed by atoms with Gasteiger partial charge in [0.1, 0.15) is 0 Å². The number of halogens is 2. The summed E-state index contributed by atoms with van der Waals surface area (Å²) >= 11 is 12.1. The van der Waals surface area contributed by atoms with E-state index in [-0.39, 0.29) is 12.1 Å². The highest BCUT2D eigenvalue weighted by molar-refractivity contribution is 6.39. The van der Waals surface area contributed by atoms with Crippen LogP contribution in [0.15, 0.2) is 30.3 Å². The molecule has 0 saturated heterocycles. The van der Waals surface area contributed by atoms with Gasteiger partial charge in [-0.3, -0.25) is 5.32 Å². The van der Waals surface area contributed by atoms with E-state index in [1.54, 1.807) is 30.3 Å². The van der Waals surface area contributed by atoms with Gasteiger partial charge in [-0.15, -0.1) is 10.2 Å². The molecule has 0 aliphatic carbocycles. The average molecular weight is 340 g/mol. The highest BCUT2D eigenvalue weighted by Crippen LogP contribution is 2.31. The Bertz CT molecular complexity index is 641. The standard InChI is InChI=1S/C14H15Cl2N5O/c1-8(2)17-14(22)19-12-7-6-11(20-21-12)18-13-9(15)4-3-5-10(13)16/h3-8H,1-2H3,(H,18,20)(H2,17,19,21,22). The minimum atomic E-state index is -0.334. The van der Waals surface area contributed by atoms with Crippen molar-refractivity contribution in [3.05, 3.63) is 40.4 Å². The molecule has 0 aliphatic heterocycles. The molecule has 2 amide bonds. The van der Waals surface area contributed by atoms with Crippen molar-refractivity contribution in [3.63, 3.8) is 0 Å². The Balaban J connectivity index is 2.05. The first kappa shape index (κ1) is 16.3. The Hall–Kier alpha value is -2.05. The first-order valence-electron chi connectivity index (χ1n) is 6.58. The third-order valence-electron chi connectivity index (χ3n) is 2.54. The fourth-order valence-corrected chi connectivity index (χ4v) is 2.12. The lowest BCUT2D eigenvalue weighted by atomic mass is 10.3. The maximum Gasteiger partial charge on any atom is 0.320 e. The van der Waals surface area contributed by atoms with Gasteiger partial charge in [-0.1, -0.05) is 29.3 Å². The molecule has 0 bridgehead atoms. The van der Waals surface area contributed by atoms with Gasteiger partial charge in [0.25, 0.3) is 0 Å². The quantitative estimate of drug-likeness (QED) is 0.784. The van der Waals surface area contributed by atoms with Crippen molar-refractivity contribution in [2.75, 3.05) is 10.6 Å². The molecule has 0 aliphatic rings. The van der Waals surface area contributed by atoms with Crippen molar-refractivity contribution in [1.29, 1.82) is 0 Å². The Morgan fingerprint density at radius 1 is 1.05 bits per heavy atom. The van der Waals surface area contributed by atoms with E-state index in [0.717, 1.165) is 0 Å². The molecule has 0 saturated carbocycles. The third-order valence-corrected chi connectivity index (χ3v) is 3.17. The number of rotatable bonds is 4. The number of hydrogen-bond donors (Lipinski definition) is 3. The van der Waals surface area contributed by atoms with Crippen LogP contribution in [0.4, 0.5) is 22.1 Å². The van der Waals surface area contributed by atoms with E-state index >= 15 is 0 Å². The second-order valence-corrected chi connectivity index (χ2v) is 5.59. The first-order chi connectivity index (χ1) is 10.5. The third kappa shape index (κ3) is 4.47. The normalized spacial score (nSPS) is 10.4. The molecule has 0 spiro atoms. The number of carbonyl (C=O) groups is 1. The number of aromatic nitrogens is 2. The maximum atomic E-state index is 11.5. The van der Waals surface area contributed by atoms with Crippen LogP contribution in [0.3, 0.4) is 0 Å². The van der Waals surface area contributed by atoms with E-state index in [0.29, 0.717) is 27.4 Å². The summed E-state index contributed by atoms with van der Waals surface area (Å²) in [4.78, 5) is 11.5. The molecule has 1 aromatic carbocycles. The minimum absolute atomic E-state index is 0.0382. The highest BCUT2D eigenvalue weighted by atomic mass is 35.5. The number of nitrogens with one attached hydrogen (secondary N) is 3. The number of urea groups is 1. The number of benzene rings is 1. The first-order valence-corrected chi connectivity index (χ1v) is 7.33. The van der Waals surface area contributed by atoms with Gasteiger partial charge in [0.2, 0.25) is 0 Å². The number of anilines is 3. The SMILES string of the molecule is CC(C)NC(=O)Nc1ccc(Nc2c(Cl)cccc2Cl)nn1. The predicted octanol–water partition coefficient (Wildman–Crippen LogP) is 4.06. The van der Waals surface area contributed by atoms with E-state index in [9.17, 15) is 4.79 Å². The lowest BCUT2D eigenvalue weighted by molar-refractivity contribution is 0.250. The van der Waals surface area contributed by atoms with Gasteiger partial charge in [-0.2, -0.15) is 0 Å². The van der Waals surface area contributed by atoms with Crippen molar-refractivity contribution < 1.29 is 4.79 Å². The van der Waals surface area contributed by atoms with Gasteiger partial charge in [0.05, 0.1) is 15.7 Å². The predicted molar refractivity (Wildman–Crippen MR) is 89.1 cm³/mol. The molecule has 3 N–H and O–H groups in total. The largest absolute Gasteiger partial charge is 0.336 e. The van der Waals surface area contributed by atoms with Gasteiger partial charge >= 0.3 is 6.03 Å². The van der Waals surface area contributed by atoms with E-state index in [1.165, 1.54) is 0 Å². The monoisotopic (exact) mass is 339 g/mol. The molecular formula is C14H15Cl2N5O. The van der Waals surface area contributed by atoms with Crippen LogP contribution in [0.1, 0.15) is 13.8 Å². The summed E-state index contributed by atoms with van der Waals surface area (Å²) in [6.45, 7) is 3.73. The molecule has 2 aromatic rings. The molecule has 0 radical (unpaired) electrons. The fourth-order valence-electron chi connectivity index (χ4n) is 1.63. The van der Waals surface area contributed by atoms with Crippen molar-refractivity contribution in [1.82, 2.24) is 15.5 Å². The smallest absolute Gasteiger partial charge is 0.320 e. The summed E-state index contributed by atoms with van der Waals surface area (Å²) < 4.78 is 0. The van der Waals surface area contributed by atoms with Crippen molar-refractivity contribution in [2.24, 2.45) is 0 Å². The van der Waals surface area contributed by atoms with E-state index in [2.05, 4.69) is 26.1 Å². The molecule has 22 heavy (non-hydrogen) atoms. The summed E-state index contributed by atoms with van der Waals surface area (Å²) in [6, 6.07) is 8.18. The van der Waals surface area contributed by atoms with Crippen LogP contribution in [0.25, 0.3) is 0 Å². The molecule has 0 fully saturated rings. The fraction of sp³-hybridized carbons (Fsp3) is 0.214. The van der Waals surface area contributed by atoms with Gasteiger partial charge < -0.3 is 10.6 Å². The second-order valence-electron chi connectivity index (χ2n) is 4.78. The van der Waals surface area contributed by atoms with Crippen LogP contribution >= 0.6 is 23.2 Å².